The zero-order valence-corrected chi connectivity index (χ0v) is 19.8. The fraction of sp³-hybridized carbons (Fsp3) is 0.889. The Balaban J connectivity index is 1.44. The number of carboxylic acid groups (broad SMARTS) is 1. The molecule has 0 aromatic heterocycles. The molecule has 3 nitrogen and oxygen atoms in total. The van der Waals surface area contributed by atoms with Gasteiger partial charge in [0.15, 0.2) is 0 Å². The van der Waals surface area contributed by atoms with Crippen LogP contribution >= 0.6 is 0 Å². The van der Waals surface area contributed by atoms with E-state index in [0.29, 0.717) is 5.41 Å². The monoisotopic (exact) mass is 416 g/mol. The molecule has 0 bridgehead atoms. The molecule has 3 saturated carbocycles. The molecule has 7 unspecified atom stereocenters. The van der Waals surface area contributed by atoms with Crippen LogP contribution in [0.1, 0.15) is 105 Å². The largest absolute Gasteiger partial charge is 0.506 e. The van der Waals surface area contributed by atoms with E-state index in [1.807, 2.05) is 0 Å². The Morgan fingerprint density at radius 3 is 2.67 bits per heavy atom. The number of allylic oxidation sites excluding steroid dienone is 1. The van der Waals surface area contributed by atoms with Gasteiger partial charge in [0.2, 0.25) is 0 Å². The average molecular weight is 417 g/mol. The number of rotatable bonds is 6. The molecule has 30 heavy (non-hydrogen) atoms. The third-order valence-electron chi connectivity index (χ3n) is 10.1. The van der Waals surface area contributed by atoms with Crippen LogP contribution in [0.4, 0.5) is 4.79 Å². The molecule has 0 saturated heterocycles. The van der Waals surface area contributed by atoms with Crippen LogP contribution in [0.2, 0.25) is 0 Å². The minimum Gasteiger partial charge on any atom is -0.450 e. The second-order valence-electron chi connectivity index (χ2n) is 12.0. The number of ether oxygens (including phenoxy) is 1. The summed E-state index contributed by atoms with van der Waals surface area (Å²) < 4.78 is 5.16. The third-order valence-corrected chi connectivity index (χ3v) is 10.1. The summed E-state index contributed by atoms with van der Waals surface area (Å²) in [5.41, 5.74) is 2.34. The normalized spacial score (nSPS) is 42.8. The van der Waals surface area contributed by atoms with Crippen LogP contribution in [0.5, 0.6) is 0 Å². The lowest BCUT2D eigenvalue weighted by Gasteiger charge is -2.58. The number of unbranched alkanes of at least 4 members (excludes halogenated alkanes) is 1. The van der Waals surface area contributed by atoms with Crippen molar-refractivity contribution < 1.29 is 14.6 Å². The van der Waals surface area contributed by atoms with E-state index in [0.717, 1.165) is 48.9 Å². The van der Waals surface area contributed by atoms with Crippen molar-refractivity contribution in [3.63, 3.8) is 0 Å². The highest BCUT2D eigenvalue weighted by Crippen LogP contribution is 2.66. The summed E-state index contributed by atoms with van der Waals surface area (Å²) in [5, 5.41) is 9.03. The minimum absolute atomic E-state index is 0.131. The summed E-state index contributed by atoms with van der Waals surface area (Å²) in [4.78, 5) is 11.0. The van der Waals surface area contributed by atoms with Gasteiger partial charge in [0.05, 0.1) is 0 Å². The fourth-order valence-electron chi connectivity index (χ4n) is 8.40. The van der Waals surface area contributed by atoms with E-state index < -0.39 is 6.16 Å². The molecule has 170 valence electrons. The van der Waals surface area contributed by atoms with Crippen molar-refractivity contribution in [1.29, 1.82) is 0 Å². The van der Waals surface area contributed by atoms with Crippen LogP contribution in [0.25, 0.3) is 0 Å². The smallest absolute Gasteiger partial charge is 0.450 e. The standard InChI is InChI=1S/C27H44O3/c1-18(2)7-5-6-8-19-10-12-23-22-11-9-20-17-21(30-25(28)29)13-15-27(20,4)24(22)14-16-26(19,23)3/h9,18-19,21-24H,5-8,10-17H2,1-4H3,(H,28,29). The van der Waals surface area contributed by atoms with Gasteiger partial charge in [-0.05, 0) is 91.8 Å². The third kappa shape index (κ3) is 3.95. The van der Waals surface area contributed by atoms with Crippen LogP contribution in [-0.2, 0) is 4.74 Å². The minimum atomic E-state index is -1.11. The van der Waals surface area contributed by atoms with Crippen LogP contribution in [0, 0.1) is 40.4 Å². The quantitative estimate of drug-likeness (QED) is 0.272. The predicted octanol–water partition coefficient (Wildman–Crippen LogP) is 7.85. The van der Waals surface area contributed by atoms with Gasteiger partial charge in [-0.3, -0.25) is 0 Å². The van der Waals surface area contributed by atoms with Gasteiger partial charge >= 0.3 is 6.16 Å². The molecule has 0 aliphatic heterocycles. The first-order valence-corrected chi connectivity index (χ1v) is 12.8. The van der Waals surface area contributed by atoms with E-state index in [1.165, 1.54) is 63.4 Å². The van der Waals surface area contributed by atoms with E-state index in [-0.39, 0.29) is 11.5 Å². The van der Waals surface area contributed by atoms with Crippen molar-refractivity contribution in [1.82, 2.24) is 0 Å². The molecule has 0 heterocycles. The summed E-state index contributed by atoms with van der Waals surface area (Å²) >= 11 is 0. The number of fused-ring (bicyclic) bond motifs is 5. The van der Waals surface area contributed by atoms with Crippen molar-refractivity contribution in [2.45, 2.75) is 111 Å². The van der Waals surface area contributed by atoms with E-state index in [9.17, 15) is 4.79 Å². The Kier molecular flexibility index (Phi) is 6.30. The lowest BCUT2D eigenvalue weighted by molar-refractivity contribution is -0.0543. The molecule has 0 amide bonds. The van der Waals surface area contributed by atoms with Gasteiger partial charge in [-0.25, -0.2) is 4.79 Å². The summed E-state index contributed by atoms with van der Waals surface area (Å²) in [5.74, 6) is 4.31. The predicted molar refractivity (Wildman–Crippen MR) is 121 cm³/mol. The van der Waals surface area contributed by atoms with E-state index in [2.05, 4.69) is 33.8 Å². The molecule has 3 heteroatoms. The molecule has 4 aliphatic rings. The molecule has 0 radical (unpaired) electrons. The van der Waals surface area contributed by atoms with E-state index in [4.69, 9.17) is 9.84 Å². The van der Waals surface area contributed by atoms with E-state index in [1.54, 1.807) is 0 Å². The number of hydrogen-bond acceptors (Lipinski definition) is 2. The summed E-state index contributed by atoms with van der Waals surface area (Å²) in [6.45, 7) is 9.84. The van der Waals surface area contributed by atoms with Crippen LogP contribution in [0.3, 0.4) is 0 Å². The highest BCUT2D eigenvalue weighted by Gasteiger charge is 2.58. The molecular formula is C27H44O3. The molecule has 1 N–H and O–H groups in total. The summed E-state index contributed by atoms with van der Waals surface area (Å²) in [7, 11) is 0. The van der Waals surface area contributed by atoms with Gasteiger partial charge in [-0.15, -0.1) is 0 Å². The van der Waals surface area contributed by atoms with Gasteiger partial charge in [0.25, 0.3) is 0 Å². The lowest BCUT2D eigenvalue weighted by Crippen LogP contribution is -2.50. The summed E-state index contributed by atoms with van der Waals surface area (Å²) in [6, 6.07) is 0. The van der Waals surface area contributed by atoms with Crippen molar-refractivity contribution in [2.24, 2.45) is 40.4 Å². The Hall–Kier alpha value is -0.990. The first-order valence-electron chi connectivity index (χ1n) is 12.8. The maximum atomic E-state index is 11.0. The van der Waals surface area contributed by atoms with Gasteiger partial charge in [0.1, 0.15) is 6.10 Å². The Labute approximate surface area is 184 Å². The SMILES string of the molecule is CC(C)CCCCC1CCC2C3CC=C4CC(OC(=O)O)CCC4(C)C3CCC12C. The van der Waals surface area contributed by atoms with Crippen molar-refractivity contribution in [3.05, 3.63) is 11.6 Å². The first-order chi connectivity index (χ1) is 14.2. The lowest BCUT2D eigenvalue weighted by atomic mass is 9.47. The zero-order chi connectivity index (χ0) is 21.5. The second kappa shape index (κ2) is 8.51. The van der Waals surface area contributed by atoms with Crippen LogP contribution < -0.4 is 0 Å². The highest BCUT2D eigenvalue weighted by atomic mass is 16.7. The zero-order valence-electron chi connectivity index (χ0n) is 19.8. The van der Waals surface area contributed by atoms with E-state index >= 15 is 0 Å². The Morgan fingerprint density at radius 2 is 1.93 bits per heavy atom. The molecule has 0 spiro atoms. The average Bonchev–Trinajstić information content (AvgIpc) is 3.01. The second-order valence-corrected chi connectivity index (χ2v) is 12.0. The van der Waals surface area contributed by atoms with Crippen molar-refractivity contribution in [3.8, 4) is 0 Å². The fourth-order valence-corrected chi connectivity index (χ4v) is 8.40. The Morgan fingerprint density at radius 1 is 1.13 bits per heavy atom. The first kappa shape index (κ1) is 22.2. The number of hydrogen-bond donors (Lipinski definition) is 1. The molecule has 4 rings (SSSR count). The van der Waals surface area contributed by atoms with Crippen molar-refractivity contribution >= 4 is 6.16 Å². The highest BCUT2D eigenvalue weighted by molar-refractivity contribution is 5.57. The molecule has 7 atom stereocenters. The van der Waals surface area contributed by atoms with Gasteiger partial charge in [-0.1, -0.05) is 58.6 Å². The maximum absolute atomic E-state index is 11.0. The molecular weight excluding hydrogens is 372 g/mol. The van der Waals surface area contributed by atoms with Crippen molar-refractivity contribution in [2.75, 3.05) is 0 Å². The molecule has 4 aliphatic carbocycles. The molecule has 0 aromatic carbocycles. The van der Waals surface area contributed by atoms with Gasteiger partial charge in [-0.2, -0.15) is 0 Å². The topological polar surface area (TPSA) is 46.5 Å². The summed E-state index contributed by atoms with van der Waals surface area (Å²) in [6.07, 6.45) is 16.6. The Bertz CT molecular complexity index is 667. The van der Waals surface area contributed by atoms with Crippen LogP contribution in [0.15, 0.2) is 11.6 Å². The maximum Gasteiger partial charge on any atom is 0.506 e. The number of carbonyl (C=O) groups is 1. The van der Waals surface area contributed by atoms with Gasteiger partial charge in [0, 0.05) is 6.42 Å². The van der Waals surface area contributed by atoms with Crippen LogP contribution in [-0.4, -0.2) is 17.4 Å². The molecule has 3 fully saturated rings. The van der Waals surface area contributed by atoms with Gasteiger partial charge < -0.3 is 9.84 Å². The molecule has 0 aromatic rings.